The van der Waals surface area contributed by atoms with Crippen molar-refractivity contribution in [3.63, 3.8) is 0 Å². The second-order valence-corrected chi connectivity index (χ2v) is 3.13. The fourth-order valence-electron chi connectivity index (χ4n) is 1.24. The molecule has 1 unspecified atom stereocenters. The van der Waals surface area contributed by atoms with Gasteiger partial charge in [-0.15, -0.1) is 0 Å². The predicted octanol–water partition coefficient (Wildman–Crippen LogP) is -0.467. The lowest BCUT2D eigenvalue weighted by Gasteiger charge is -2.30. The Balaban J connectivity index is 1.87. The minimum absolute atomic E-state index is 0.236. The normalized spacial score (nSPS) is 37.1. The highest BCUT2D eigenvalue weighted by molar-refractivity contribution is 5.85. The van der Waals surface area contributed by atoms with Crippen LogP contribution >= 0.6 is 0 Å². The van der Waals surface area contributed by atoms with Crippen LogP contribution in [0.3, 0.4) is 0 Å². The minimum atomic E-state index is 0.236. The van der Waals surface area contributed by atoms with Crippen molar-refractivity contribution < 1.29 is 4.79 Å². The van der Waals surface area contributed by atoms with Gasteiger partial charge in [-0.05, 0) is 13.5 Å². The van der Waals surface area contributed by atoms with Gasteiger partial charge in [0.1, 0.15) is 6.04 Å². The molecule has 0 aromatic rings. The van der Waals surface area contributed by atoms with Crippen LogP contribution in [-0.2, 0) is 4.79 Å². The standard InChI is InChI=1S/C7H12N2O/c1-8-5-6(8)7(10)9-3-2-4-9/h6H,2-5H2,1H3/t6-,8?/m0/s1. The van der Waals surface area contributed by atoms with Crippen molar-refractivity contribution in [2.75, 3.05) is 26.7 Å². The van der Waals surface area contributed by atoms with Gasteiger partial charge in [-0.25, -0.2) is 0 Å². The molecule has 3 nitrogen and oxygen atoms in total. The summed E-state index contributed by atoms with van der Waals surface area (Å²) in [5.74, 6) is 0.341. The number of carbonyl (C=O) groups excluding carboxylic acids is 1. The number of hydrogen-bond acceptors (Lipinski definition) is 2. The molecule has 2 heterocycles. The lowest BCUT2D eigenvalue weighted by atomic mass is 10.2. The molecular formula is C7H12N2O. The maximum atomic E-state index is 11.3. The molecule has 0 bridgehead atoms. The average Bonchev–Trinajstić information content (AvgIpc) is 2.41. The van der Waals surface area contributed by atoms with Gasteiger partial charge in [-0.2, -0.15) is 0 Å². The van der Waals surface area contributed by atoms with Crippen LogP contribution in [0.15, 0.2) is 0 Å². The number of hydrogen-bond donors (Lipinski definition) is 0. The fraction of sp³-hybridized carbons (Fsp3) is 0.857. The molecule has 1 amide bonds. The third-order valence-electron chi connectivity index (χ3n) is 2.31. The summed E-state index contributed by atoms with van der Waals surface area (Å²) in [6, 6.07) is 0.236. The zero-order valence-electron chi connectivity index (χ0n) is 6.21. The van der Waals surface area contributed by atoms with E-state index in [1.807, 2.05) is 11.9 Å². The van der Waals surface area contributed by atoms with Crippen LogP contribution in [0.4, 0.5) is 0 Å². The molecule has 2 rings (SSSR count). The molecule has 2 fully saturated rings. The van der Waals surface area contributed by atoms with Gasteiger partial charge >= 0.3 is 0 Å². The third kappa shape index (κ3) is 0.814. The van der Waals surface area contributed by atoms with E-state index in [-0.39, 0.29) is 6.04 Å². The van der Waals surface area contributed by atoms with E-state index in [0.717, 1.165) is 19.6 Å². The van der Waals surface area contributed by atoms with Gasteiger partial charge < -0.3 is 4.90 Å². The van der Waals surface area contributed by atoms with Crippen LogP contribution in [0, 0.1) is 0 Å². The van der Waals surface area contributed by atoms with Crippen molar-refractivity contribution in [3.8, 4) is 0 Å². The van der Waals surface area contributed by atoms with Gasteiger partial charge in [0.2, 0.25) is 5.91 Å². The molecule has 0 radical (unpaired) electrons. The first kappa shape index (κ1) is 6.16. The number of rotatable bonds is 1. The summed E-state index contributed by atoms with van der Waals surface area (Å²) in [6.07, 6.45) is 1.20. The SMILES string of the molecule is CN1C[C@H]1C(=O)N1CCC1. The lowest BCUT2D eigenvalue weighted by molar-refractivity contribution is -0.134. The second-order valence-electron chi connectivity index (χ2n) is 3.13. The van der Waals surface area contributed by atoms with Crippen LogP contribution < -0.4 is 0 Å². The molecule has 2 aliphatic rings. The first-order valence-corrected chi connectivity index (χ1v) is 3.78. The number of amides is 1. The molecule has 0 spiro atoms. The Kier molecular flexibility index (Phi) is 1.20. The molecule has 0 aromatic heterocycles. The highest BCUT2D eigenvalue weighted by Gasteiger charge is 2.40. The molecule has 3 heteroatoms. The Bertz CT molecular complexity index is 158. The van der Waals surface area contributed by atoms with Gasteiger partial charge in [0.05, 0.1) is 0 Å². The topological polar surface area (TPSA) is 23.3 Å². The number of likely N-dealkylation sites (N-methyl/N-ethyl adjacent to an activating group) is 1. The van der Waals surface area contributed by atoms with Gasteiger partial charge in [0, 0.05) is 19.6 Å². The maximum absolute atomic E-state index is 11.3. The zero-order chi connectivity index (χ0) is 7.14. The molecule has 2 aliphatic heterocycles. The van der Waals surface area contributed by atoms with Crippen molar-refractivity contribution in [2.45, 2.75) is 12.5 Å². The van der Waals surface area contributed by atoms with E-state index < -0.39 is 0 Å². The van der Waals surface area contributed by atoms with Crippen molar-refractivity contribution in [1.29, 1.82) is 0 Å². The molecule has 0 aliphatic carbocycles. The van der Waals surface area contributed by atoms with E-state index in [4.69, 9.17) is 0 Å². The van der Waals surface area contributed by atoms with Crippen LogP contribution in [0.25, 0.3) is 0 Å². The Hall–Kier alpha value is -0.570. The molecule has 0 aromatic carbocycles. The number of carbonyl (C=O) groups is 1. The minimum Gasteiger partial charge on any atom is -0.341 e. The summed E-state index contributed by atoms with van der Waals surface area (Å²) < 4.78 is 0. The summed E-state index contributed by atoms with van der Waals surface area (Å²) in [4.78, 5) is 15.3. The monoisotopic (exact) mass is 140 g/mol. The molecule has 0 N–H and O–H groups in total. The Morgan fingerprint density at radius 2 is 2.10 bits per heavy atom. The Morgan fingerprint density at radius 3 is 2.40 bits per heavy atom. The first-order chi connectivity index (χ1) is 4.79. The van der Waals surface area contributed by atoms with Crippen molar-refractivity contribution in [2.24, 2.45) is 0 Å². The highest BCUT2D eigenvalue weighted by Crippen LogP contribution is 2.19. The third-order valence-corrected chi connectivity index (χ3v) is 2.31. The van der Waals surface area contributed by atoms with Crippen LogP contribution in [-0.4, -0.2) is 48.4 Å². The largest absolute Gasteiger partial charge is 0.341 e. The van der Waals surface area contributed by atoms with Gasteiger partial charge in [0.15, 0.2) is 0 Å². The molecule has 0 saturated carbocycles. The smallest absolute Gasteiger partial charge is 0.241 e. The summed E-state index contributed by atoms with van der Waals surface area (Å²) in [5.41, 5.74) is 0. The zero-order valence-corrected chi connectivity index (χ0v) is 6.21. The maximum Gasteiger partial charge on any atom is 0.241 e. The second kappa shape index (κ2) is 1.95. The van der Waals surface area contributed by atoms with Gasteiger partial charge in [0.25, 0.3) is 0 Å². The van der Waals surface area contributed by atoms with E-state index in [2.05, 4.69) is 4.90 Å². The van der Waals surface area contributed by atoms with Crippen LogP contribution in [0.2, 0.25) is 0 Å². The Labute approximate surface area is 60.6 Å². The van der Waals surface area contributed by atoms with Crippen LogP contribution in [0.1, 0.15) is 6.42 Å². The van der Waals surface area contributed by atoms with E-state index in [0.29, 0.717) is 5.91 Å². The molecule has 2 saturated heterocycles. The summed E-state index contributed by atoms with van der Waals surface area (Å²) in [6.45, 7) is 2.95. The van der Waals surface area contributed by atoms with Gasteiger partial charge in [-0.1, -0.05) is 0 Å². The van der Waals surface area contributed by atoms with Crippen LogP contribution in [0.5, 0.6) is 0 Å². The van der Waals surface area contributed by atoms with Gasteiger partial charge in [-0.3, -0.25) is 9.69 Å². The van der Waals surface area contributed by atoms with E-state index in [9.17, 15) is 4.79 Å². The quantitative estimate of drug-likeness (QED) is 0.460. The van der Waals surface area contributed by atoms with Crippen molar-refractivity contribution in [3.05, 3.63) is 0 Å². The van der Waals surface area contributed by atoms with E-state index >= 15 is 0 Å². The van der Waals surface area contributed by atoms with E-state index in [1.165, 1.54) is 6.42 Å². The average molecular weight is 140 g/mol. The number of nitrogens with zero attached hydrogens (tertiary/aromatic N) is 2. The fourth-order valence-corrected chi connectivity index (χ4v) is 1.24. The Morgan fingerprint density at radius 1 is 1.50 bits per heavy atom. The first-order valence-electron chi connectivity index (χ1n) is 3.78. The summed E-state index contributed by atoms with van der Waals surface area (Å²) >= 11 is 0. The number of likely N-dealkylation sites (tertiary alicyclic amines) is 1. The highest BCUT2D eigenvalue weighted by atomic mass is 16.2. The van der Waals surface area contributed by atoms with E-state index in [1.54, 1.807) is 0 Å². The van der Waals surface area contributed by atoms with Crippen molar-refractivity contribution >= 4 is 5.91 Å². The lowest BCUT2D eigenvalue weighted by Crippen LogP contribution is -2.44. The molecule has 56 valence electrons. The molecular weight excluding hydrogens is 128 g/mol. The molecule has 2 atom stereocenters. The predicted molar refractivity (Wildman–Crippen MR) is 37.6 cm³/mol. The summed E-state index contributed by atoms with van der Waals surface area (Å²) in [5, 5.41) is 0. The van der Waals surface area contributed by atoms with Crippen molar-refractivity contribution in [1.82, 2.24) is 9.80 Å². The molecule has 10 heavy (non-hydrogen) atoms. The summed E-state index contributed by atoms with van der Waals surface area (Å²) in [7, 11) is 1.99.